The minimum absolute atomic E-state index is 0. The van der Waals surface area contributed by atoms with Gasteiger partial charge in [0.1, 0.15) is 0 Å². The van der Waals surface area contributed by atoms with Gasteiger partial charge in [0, 0.05) is 25.2 Å². The minimum Gasteiger partial charge on any atom is -0.311 e. The van der Waals surface area contributed by atoms with Crippen molar-refractivity contribution in [2.45, 2.75) is 50.6 Å². The monoisotopic (exact) mass is 332 g/mol. The molecule has 0 amide bonds. The number of hydrogen-bond acceptors (Lipinski definition) is 3. The smallest absolute Gasteiger partial charge is 0.243 e. The molecule has 1 aromatic rings. The fourth-order valence-corrected chi connectivity index (χ4v) is 4.32. The highest BCUT2D eigenvalue weighted by atomic mass is 35.5. The van der Waals surface area contributed by atoms with Crippen molar-refractivity contribution in [2.75, 3.05) is 13.1 Å². The van der Waals surface area contributed by atoms with Gasteiger partial charge in [-0.1, -0.05) is 25.5 Å². The van der Waals surface area contributed by atoms with Crippen LogP contribution in [0, 0.1) is 0 Å². The molecule has 6 heteroatoms. The third-order valence-corrected chi connectivity index (χ3v) is 6.05. The first kappa shape index (κ1) is 18.4. The Morgan fingerprint density at radius 2 is 1.86 bits per heavy atom. The molecule has 120 valence electrons. The second-order valence-corrected chi connectivity index (χ2v) is 7.38. The van der Waals surface area contributed by atoms with Gasteiger partial charge >= 0.3 is 0 Å². The molecule has 0 saturated carbocycles. The Balaban J connectivity index is 0.00000220. The first-order valence-electron chi connectivity index (χ1n) is 7.31. The number of hydrogen-bond donors (Lipinski definition) is 1. The maximum atomic E-state index is 12.7. The number of rotatable bonds is 4. The highest BCUT2D eigenvalue weighted by Gasteiger charge is 2.34. The van der Waals surface area contributed by atoms with Gasteiger partial charge in [-0.15, -0.1) is 12.4 Å². The van der Waals surface area contributed by atoms with Gasteiger partial charge < -0.3 is 5.32 Å². The van der Waals surface area contributed by atoms with Gasteiger partial charge in [-0.3, -0.25) is 0 Å². The van der Waals surface area contributed by atoms with Gasteiger partial charge in [0.15, 0.2) is 0 Å². The molecule has 1 saturated heterocycles. The fraction of sp³-hybridized carbons (Fsp3) is 0.600. The lowest BCUT2D eigenvalue weighted by Gasteiger charge is -2.37. The van der Waals surface area contributed by atoms with E-state index in [4.69, 9.17) is 0 Å². The SMILES string of the molecule is CCCc1ccc(S(=O)(=O)N2CCNC(C)C2C)cc1.Cl. The molecule has 1 heterocycles. The predicted molar refractivity (Wildman–Crippen MR) is 88.5 cm³/mol. The Bertz CT molecular complexity index is 545. The van der Waals surface area contributed by atoms with E-state index in [2.05, 4.69) is 12.2 Å². The van der Waals surface area contributed by atoms with Crippen LogP contribution in [0.15, 0.2) is 29.2 Å². The van der Waals surface area contributed by atoms with Crippen LogP contribution in [0.4, 0.5) is 0 Å². The molecule has 1 aromatic carbocycles. The fourth-order valence-electron chi connectivity index (χ4n) is 2.62. The van der Waals surface area contributed by atoms with Gasteiger partial charge in [0.2, 0.25) is 10.0 Å². The molecule has 1 aliphatic rings. The normalized spacial score (nSPS) is 23.6. The highest BCUT2D eigenvalue weighted by Crippen LogP contribution is 2.22. The average Bonchev–Trinajstić information content (AvgIpc) is 2.42. The minimum atomic E-state index is -3.38. The number of nitrogens with zero attached hydrogens (tertiary/aromatic N) is 1. The van der Waals surface area contributed by atoms with Crippen LogP contribution in [0.5, 0.6) is 0 Å². The predicted octanol–water partition coefficient (Wildman–Crippen LogP) is 2.43. The van der Waals surface area contributed by atoms with Gasteiger partial charge in [-0.2, -0.15) is 4.31 Å². The van der Waals surface area contributed by atoms with Crippen LogP contribution >= 0.6 is 12.4 Å². The number of halogens is 1. The molecule has 0 spiro atoms. The van der Waals surface area contributed by atoms with Crippen LogP contribution in [-0.2, 0) is 16.4 Å². The average molecular weight is 333 g/mol. The van der Waals surface area contributed by atoms with Crippen molar-refractivity contribution in [1.82, 2.24) is 9.62 Å². The van der Waals surface area contributed by atoms with E-state index in [-0.39, 0.29) is 24.5 Å². The van der Waals surface area contributed by atoms with Crippen molar-refractivity contribution in [3.63, 3.8) is 0 Å². The zero-order valence-electron chi connectivity index (χ0n) is 12.9. The molecule has 1 fully saturated rings. The lowest BCUT2D eigenvalue weighted by Crippen LogP contribution is -2.57. The summed E-state index contributed by atoms with van der Waals surface area (Å²) in [4.78, 5) is 0.401. The maximum absolute atomic E-state index is 12.7. The molecule has 1 aliphatic heterocycles. The van der Waals surface area contributed by atoms with E-state index >= 15 is 0 Å². The quantitative estimate of drug-likeness (QED) is 0.921. The van der Waals surface area contributed by atoms with Crippen molar-refractivity contribution >= 4 is 22.4 Å². The van der Waals surface area contributed by atoms with E-state index < -0.39 is 10.0 Å². The molecule has 0 aliphatic carbocycles. The first-order chi connectivity index (χ1) is 9.46. The Hall–Kier alpha value is -0.620. The Morgan fingerprint density at radius 3 is 2.43 bits per heavy atom. The van der Waals surface area contributed by atoms with E-state index in [9.17, 15) is 8.42 Å². The van der Waals surface area contributed by atoms with E-state index in [1.165, 1.54) is 5.56 Å². The van der Waals surface area contributed by atoms with Crippen LogP contribution in [0.1, 0.15) is 32.8 Å². The molecule has 4 nitrogen and oxygen atoms in total. The molecular weight excluding hydrogens is 308 g/mol. The van der Waals surface area contributed by atoms with Gasteiger partial charge in [-0.05, 0) is 38.0 Å². The molecule has 0 bridgehead atoms. The number of aryl methyl sites for hydroxylation is 1. The van der Waals surface area contributed by atoms with Crippen molar-refractivity contribution in [3.8, 4) is 0 Å². The van der Waals surface area contributed by atoms with Crippen molar-refractivity contribution in [3.05, 3.63) is 29.8 Å². The summed E-state index contributed by atoms with van der Waals surface area (Å²) in [5.74, 6) is 0. The number of benzene rings is 1. The van der Waals surface area contributed by atoms with Crippen molar-refractivity contribution in [1.29, 1.82) is 0 Å². The summed E-state index contributed by atoms with van der Waals surface area (Å²) in [6, 6.07) is 7.47. The Kier molecular flexibility index (Phi) is 6.66. The van der Waals surface area contributed by atoms with E-state index in [1.807, 2.05) is 26.0 Å². The summed E-state index contributed by atoms with van der Waals surface area (Å²) in [5, 5.41) is 3.31. The van der Waals surface area contributed by atoms with Gasteiger partial charge in [0.25, 0.3) is 0 Å². The van der Waals surface area contributed by atoms with E-state index in [0.717, 1.165) is 12.8 Å². The lowest BCUT2D eigenvalue weighted by atomic mass is 10.1. The van der Waals surface area contributed by atoms with Crippen molar-refractivity contribution in [2.24, 2.45) is 0 Å². The van der Waals surface area contributed by atoms with Gasteiger partial charge in [0.05, 0.1) is 4.90 Å². The molecule has 0 radical (unpaired) electrons. The molecule has 2 unspecified atom stereocenters. The zero-order valence-corrected chi connectivity index (χ0v) is 14.5. The number of piperazine rings is 1. The van der Waals surface area contributed by atoms with Crippen LogP contribution in [0.2, 0.25) is 0 Å². The number of nitrogens with one attached hydrogen (secondary N) is 1. The summed E-state index contributed by atoms with van der Waals surface area (Å²) in [6.45, 7) is 7.34. The van der Waals surface area contributed by atoms with Crippen LogP contribution in [0.25, 0.3) is 0 Å². The van der Waals surface area contributed by atoms with Crippen molar-refractivity contribution < 1.29 is 8.42 Å². The Morgan fingerprint density at radius 1 is 1.24 bits per heavy atom. The maximum Gasteiger partial charge on any atom is 0.243 e. The van der Waals surface area contributed by atoms with Gasteiger partial charge in [-0.25, -0.2) is 8.42 Å². The van der Waals surface area contributed by atoms with E-state index in [1.54, 1.807) is 16.4 Å². The summed E-state index contributed by atoms with van der Waals surface area (Å²) in [6.07, 6.45) is 2.06. The summed E-state index contributed by atoms with van der Waals surface area (Å²) in [7, 11) is -3.38. The Labute approximate surface area is 134 Å². The molecular formula is C15H25ClN2O2S. The van der Waals surface area contributed by atoms with Crippen LogP contribution in [-0.4, -0.2) is 37.9 Å². The summed E-state index contributed by atoms with van der Waals surface area (Å²) in [5.41, 5.74) is 1.19. The number of sulfonamides is 1. The summed E-state index contributed by atoms with van der Waals surface area (Å²) < 4.78 is 27.0. The topological polar surface area (TPSA) is 49.4 Å². The molecule has 1 N–H and O–H groups in total. The third-order valence-electron chi connectivity index (χ3n) is 4.04. The third kappa shape index (κ3) is 3.97. The van der Waals surface area contributed by atoms with Crippen LogP contribution < -0.4 is 5.32 Å². The second kappa shape index (κ2) is 7.58. The molecule has 2 atom stereocenters. The second-order valence-electron chi connectivity index (χ2n) is 5.49. The standard InChI is InChI=1S/C15H24N2O2S.ClH/c1-4-5-14-6-8-15(9-7-14)20(18,19)17-11-10-16-12(2)13(17)3;/h6-9,12-13,16H,4-5,10-11H2,1-3H3;1H. The first-order valence-corrected chi connectivity index (χ1v) is 8.75. The lowest BCUT2D eigenvalue weighted by molar-refractivity contribution is 0.233. The largest absolute Gasteiger partial charge is 0.311 e. The van der Waals surface area contributed by atoms with E-state index in [0.29, 0.717) is 18.0 Å². The summed E-state index contributed by atoms with van der Waals surface area (Å²) >= 11 is 0. The molecule has 21 heavy (non-hydrogen) atoms. The van der Waals surface area contributed by atoms with Crippen LogP contribution in [0.3, 0.4) is 0 Å². The zero-order chi connectivity index (χ0) is 14.8. The molecule has 0 aromatic heterocycles. The molecule has 2 rings (SSSR count). The highest BCUT2D eigenvalue weighted by molar-refractivity contribution is 7.89.